The number of amides is 1. The molecule has 3 heterocycles. The zero-order valence-electron chi connectivity index (χ0n) is 16.0. The van der Waals surface area contributed by atoms with Crippen molar-refractivity contribution in [1.29, 1.82) is 0 Å². The van der Waals surface area contributed by atoms with Gasteiger partial charge in [-0.25, -0.2) is 4.98 Å². The van der Waals surface area contributed by atoms with Gasteiger partial charge in [-0.3, -0.25) is 14.6 Å². The number of aromatic nitrogens is 4. The van der Waals surface area contributed by atoms with Crippen LogP contribution >= 0.6 is 0 Å². The first-order valence-electron chi connectivity index (χ1n) is 9.16. The van der Waals surface area contributed by atoms with Gasteiger partial charge in [-0.2, -0.15) is 9.78 Å². The Morgan fingerprint density at radius 3 is 2.79 bits per heavy atom. The number of hydrogen-bond donors (Lipinski definition) is 2. The molecule has 0 saturated heterocycles. The second-order valence-corrected chi connectivity index (χ2v) is 6.54. The smallest absolute Gasteiger partial charge is 0.256 e. The average Bonchev–Trinajstić information content (AvgIpc) is 3.37. The SMILES string of the molecule is CCc1cc(=O)[nH]c(-n2nc(-c3ccco3)cc2NC(=O)c2cccc(C)c2)n1. The Morgan fingerprint density at radius 2 is 2.07 bits per heavy atom. The number of furan rings is 1. The van der Waals surface area contributed by atoms with Gasteiger partial charge in [0.15, 0.2) is 5.76 Å². The first-order chi connectivity index (χ1) is 14.0. The van der Waals surface area contributed by atoms with Crippen molar-refractivity contribution >= 4 is 11.7 Å². The lowest BCUT2D eigenvalue weighted by molar-refractivity contribution is 0.102. The van der Waals surface area contributed by atoms with Crippen LogP contribution in [0, 0.1) is 6.92 Å². The number of rotatable bonds is 5. The van der Waals surface area contributed by atoms with Crippen LogP contribution in [0.4, 0.5) is 5.82 Å². The van der Waals surface area contributed by atoms with E-state index in [4.69, 9.17) is 4.42 Å². The van der Waals surface area contributed by atoms with E-state index in [2.05, 4.69) is 20.4 Å². The molecule has 8 heteroatoms. The number of aryl methyl sites for hydroxylation is 2. The number of aromatic amines is 1. The number of anilines is 1. The van der Waals surface area contributed by atoms with E-state index in [1.54, 1.807) is 30.3 Å². The van der Waals surface area contributed by atoms with E-state index in [9.17, 15) is 9.59 Å². The minimum Gasteiger partial charge on any atom is -0.463 e. The molecule has 3 aromatic heterocycles. The monoisotopic (exact) mass is 389 g/mol. The molecule has 0 aliphatic carbocycles. The van der Waals surface area contributed by atoms with Crippen LogP contribution < -0.4 is 10.9 Å². The molecule has 0 aliphatic heterocycles. The highest BCUT2D eigenvalue weighted by Crippen LogP contribution is 2.24. The van der Waals surface area contributed by atoms with Gasteiger partial charge in [0.05, 0.1) is 6.26 Å². The van der Waals surface area contributed by atoms with E-state index in [1.807, 2.05) is 26.0 Å². The van der Waals surface area contributed by atoms with Crippen molar-refractivity contribution < 1.29 is 9.21 Å². The normalized spacial score (nSPS) is 10.8. The van der Waals surface area contributed by atoms with E-state index >= 15 is 0 Å². The standard InChI is InChI=1S/C21H19N5O3/c1-3-15-11-19(27)24-21(22-15)26-18(12-16(25-26)17-8-5-9-29-17)23-20(28)14-7-4-6-13(2)10-14/h4-12H,3H2,1-2H3,(H,23,28)(H,22,24,27). The number of nitrogens with one attached hydrogen (secondary N) is 2. The summed E-state index contributed by atoms with van der Waals surface area (Å²) >= 11 is 0. The van der Waals surface area contributed by atoms with Gasteiger partial charge in [-0.1, -0.05) is 24.6 Å². The molecule has 29 heavy (non-hydrogen) atoms. The third kappa shape index (κ3) is 3.86. The third-order valence-electron chi connectivity index (χ3n) is 4.35. The summed E-state index contributed by atoms with van der Waals surface area (Å²) in [5.41, 5.74) is 2.32. The Kier molecular flexibility index (Phi) is 4.82. The molecule has 0 saturated carbocycles. The molecule has 1 aromatic carbocycles. The minimum absolute atomic E-state index is 0.215. The highest BCUT2D eigenvalue weighted by atomic mass is 16.3. The number of H-pyrrole nitrogens is 1. The van der Waals surface area contributed by atoms with Crippen molar-refractivity contribution in [2.75, 3.05) is 5.32 Å². The highest BCUT2D eigenvalue weighted by Gasteiger charge is 2.18. The lowest BCUT2D eigenvalue weighted by Crippen LogP contribution is -2.19. The maximum Gasteiger partial charge on any atom is 0.256 e. The lowest BCUT2D eigenvalue weighted by atomic mass is 10.1. The van der Waals surface area contributed by atoms with E-state index in [0.29, 0.717) is 35.0 Å². The van der Waals surface area contributed by atoms with Gasteiger partial charge in [-0.05, 0) is 37.6 Å². The maximum absolute atomic E-state index is 12.8. The molecular formula is C21H19N5O3. The summed E-state index contributed by atoms with van der Waals surface area (Å²) in [7, 11) is 0. The zero-order chi connectivity index (χ0) is 20.4. The van der Waals surface area contributed by atoms with Crippen molar-refractivity contribution in [1.82, 2.24) is 19.7 Å². The summed E-state index contributed by atoms with van der Waals surface area (Å²) in [6.45, 7) is 3.82. The maximum atomic E-state index is 12.8. The van der Waals surface area contributed by atoms with Crippen LogP contribution in [0.1, 0.15) is 28.5 Å². The predicted octanol–water partition coefficient (Wildman–Crippen LogP) is 3.34. The average molecular weight is 389 g/mol. The largest absolute Gasteiger partial charge is 0.463 e. The molecule has 0 aliphatic rings. The Bertz CT molecular complexity index is 1220. The second-order valence-electron chi connectivity index (χ2n) is 6.54. The zero-order valence-corrected chi connectivity index (χ0v) is 16.0. The van der Waals surface area contributed by atoms with Gasteiger partial charge in [0.1, 0.15) is 11.5 Å². The Morgan fingerprint density at radius 1 is 1.21 bits per heavy atom. The van der Waals surface area contributed by atoms with E-state index < -0.39 is 0 Å². The fourth-order valence-electron chi connectivity index (χ4n) is 2.93. The molecule has 0 fully saturated rings. The van der Waals surface area contributed by atoms with Crippen LogP contribution in [0.2, 0.25) is 0 Å². The molecule has 0 bridgehead atoms. The molecule has 4 rings (SSSR count). The van der Waals surface area contributed by atoms with Gasteiger partial charge in [0, 0.05) is 23.4 Å². The molecule has 2 N–H and O–H groups in total. The molecule has 0 atom stereocenters. The van der Waals surface area contributed by atoms with Gasteiger partial charge in [0.25, 0.3) is 11.5 Å². The molecule has 0 unspecified atom stereocenters. The number of hydrogen-bond acceptors (Lipinski definition) is 5. The quantitative estimate of drug-likeness (QED) is 0.545. The Balaban J connectivity index is 1.79. The van der Waals surface area contributed by atoms with Gasteiger partial charge < -0.3 is 9.73 Å². The summed E-state index contributed by atoms with van der Waals surface area (Å²) in [5.74, 6) is 0.810. The van der Waals surface area contributed by atoms with Crippen molar-refractivity contribution in [3.05, 3.63) is 82.0 Å². The van der Waals surface area contributed by atoms with Gasteiger partial charge in [-0.15, -0.1) is 0 Å². The summed E-state index contributed by atoms with van der Waals surface area (Å²) in [4.78, 5) is 31.9. The topological polar surface area (TPSA) is 106 Å². The molecule has 0 radical (unpaired) electrons. The van der Waals surface area contributed by atoms with Gasteiger partial charge in [0.2, 0.25) is 5.95 Å². The van der Waals surface area contributed by atoms with E-state index in [0.717, 1.165) is 5.56 Å². The summed E-state index contributed by atoms with van der Waals surface area (Å²) < 4.78 is 6.81. The molecule has 1 amide bonds. The molecule has 8 nitrogen and oxygen atoms in total. The van der Waals surface area contributed by atoms with Crippen LogP contribution in [-0.2, 0) is 6.42 Å². The van der Waals surface area contributed by atoms with Crippen LogP contribution in [0.5, 0.6) is 0 Å². The summed E-state index contributed by atoms with van der Waals surface area (Å²) in [6, 6.07) is 13.9. The summed E-state index contributed by atoms with van der Waals surface area (Å²) in [5, 5.41) is 7.33. The lowest BCUT2D eigenvalue weighted by Gasteiger charge is -2.09. The van der Waals surface area contributed by atoms with Crippen molar-refractivity contribution in [2.24, 2.45) is 0 Å². The minimum atomic E-state index is -0.296. The fourth-order valence-corrected chi connectivity index (χ4v) is 2.93. The Hall–Kier alpha value is -3.94. The molecule has 0 spiro atoms. The number of carbonyl (C=O) groups is 1. The van der Waals surface area contributed by atoms with Crippen molar-refractivity contribution in [3.8, 4) is 17.4 Å². The number of nitrogens with zero attached hydrogens (tertiary/aromatic N) is 3. The van der Waals surface area contributed by atoms with Crippen molar-refractivity contribution in [3.63, 3.8) is 0 Å². The Labute approximate surface area is 166 Å². The molecule has 4 aromatic rings. The molecule has 146 valence electrons. The van der Waals surface area contributed by atoms with Gasteiger partial charge >= 0.3 is 0 Å². The van der Waals surface area contributed by atoms with Crippen LogP contribution in [0.25, 0.3) is 17.4 Å². The second kappa shape index (κ2) is 7.59. The summed E-state index contributed by atoms with van der Waals surface area (Å²) in [6.07, 6.45) is 2.13. The third-order valence-corrected chi connectivity index (χ3v) is 4.35. The first-order valence-corrected chi connectivity index (χ1v) is 9.16. The van der Waals surface area contributed by atoms with E-state index in [1.165, 1.54) is 17.0 Å². The van der Waals surface area contributed by atoms with Crippen molar-refractivity contribution in [2.45, 2.75) is 20.3 Å². The molecular weight excluding hydrogens is 370 g/mol. The highest BCUT2D eigenvalue weighted by molar-refractivity contribution is 6.04. The number of carbonyl (C=O) groups excluding carboxylic acids is 1. The van der Waals surface area contributed by atoms with E-state index in [-0.39, 0.29) is 17.4 Å². The van der Waals surface area contributed by atoms with Crippen LogP contribution in [-0.4, -0.2) is 25.7 Å². The number of benzene rings is 1. The first kappa shape index (κ1) is 18.4. The predicted molar refractivity (Wildman–Crippen MR) is 108 cm³/mol. The van der Waals surface area contributed by atoms with Crippen LogP contribution in [0.3, 0.4) is 0 Å². The fraction of sp³-hybridized carbons (Fsp3) is 0.143. The van der Waals surface area contributed by atoms with Crippen LogP contribution in [0.15, 0.2) is 64.0 Å².